The number of sulfonamides is 1. The number of hydrogen-bond acceptors (Lipinski definition) is 5. The summed E-state index contributed by atoms with van der Waals surface area (Å²) in [6.07, 6.45) is 0.847. The van der Waals surface area contributed by atoms with Crippen molar-refractivity contribution in [3.05, 3.63) is 52.4 Å². The number of hydrogen-bond donors (Lipinski definition) is 1. The van der Waals surface area contributed by atoms with Crippen molar-refractivity contribution in [2.75, 3.05) is 32.8 Å². The third-order valence-electron chi connectivity index (χ3n) is 4.63. The number of rotatable bonds is 7. The van der Waals surface area contributed by atoms with Crippen molar-refractivity contribution in [1.29, 1.82) is 0 Å². The summed E-state index contributed by atoms with van der Waals surface area (Å²) in [5.74, 6) is 0. The first-order chi connectivity index (χ1) is 12.5. The van der Waals surface area contributed by atoms with Crippen molar-refractivity contribution in [2.24, 2.45) is 0 Å². The lowest BCUT2D eigenvalue weighted by Gasteiger charge is -2.35. The molecule has 1 fully saturated rings. The fraction of sp³-hybridized carbons (Fsp3) is 0.474. The van der Waals surface area contributed by atoms with Crippen molar-refractivity contribution in [3.63, 3.8) is 0 Å². The van der Waals surface area contributed by atoms with Gasteiger partial charge in [-0.05, 0) is 31.0 Å². The van der Waals surface area contributed by atoms with Crippen LogP contribution in [-0.2, 0) is 21.2 Å². The highest BCUT2D eigenvalue weighted by Gasteiger charge is 2.25. The Hall–Kier alpha value is -1.25. The van der Waals surface area contributed by atoms with E-state index in [9.17, 15) is 8.42 Å². The zero-order valence-electron chi connectivity index (χ0n) is 15.3. The second-order valence-corrected chi connectivity index (χ2v) is 9.67. The monoisotopic (exact) mass is 394 g/mol. The number of benzene rings is 1. The van der Waals surface area contributed by atoms with Gasteiger partial charge in [-0.3, -0.25) is 4.90 Å². The van der Waals surface area contributed by atoms with Crippen LogP contribution in [0.4, 0.5) is 0 Å². The maximum Gasteiger partial charge on any atom is 0.250 e. The highest BCUT2D eigenvalue weighted by Crippen LogP contribution is 2.25. The van der Waals surface area contributed by atoms with Gasteiger partial charge in [0.1, 0.15) is 4.21 Å². The van der Waals surface area contributed by atoms with Gasteiger partial charge in [0.25, 0.3) is 0 Å². The van der Waals surface area contributed by atoms with Crippen LogP contribution >= 0.6 is 11.3 Å². The van der Waals surface area contributed by atoms with Crippen molar-refractivity contribution in [1.82, 2.24) is 9.62 Å². The second kappa shape index (κ2) is 8.63. The number of aryl methyl sites for hydroxylation is 2. The van der Waals surface area contributed by atoms with E-state index in [4.69, 9.17) is 4.74 Å². The summed E-state index contributed by atoms with van der Waals surface area (Å²) in [6.45, 7) is 7.41. The summed E-state index contributed by atoms with van der Waals surface area (Å²) in [6, 6.07) is 11.9. The van der Waals surface area contributed by atoms with E-state index in [1.54, 1.807) is 6.07 Å². The highest BCUT2D eigenvalue weighted by atomic mass is 32.2. The van der Waals surface area contributed by atoms with Crippen molar-refractivity contribution < 1.29 is 13.2 Å². The van der Waals surface area contributed by atoms with Crippen LogP contribution in [0.1, 0.15) is 29.0 Å². The molecule has 3 rings (SSSR count). The van der Waals surface area contributed by atoms with Crippen molar-refractivity contribution in [2.45, 2.75) is 30.5 Å². The van der Waals surface area contributed by atoms with E-state index in [1.807, 2.05) is 19.1 Å². The molecule has 0 bridgehead atoms. The van der Waals surface area contributed by atoms with Gasteiger partial charge in [-0.25, -0.2) is 13.1 Å². The van der Waals surface area contributed by atoms with Crippen LogP contribution in [-0.4, -0.2) is 46.2 Å². The standard InChI is InChI=1S/C19H26N2O3S2/c1-3-17-7-8-19(25-17)26(22,23)20-14-18(21-9-11-24-12-10-21)16-6-4-5-15(2)13-16/h4-8,13,18,20H,3,9-12,14H2,1-2H3. The maximum atomic E-state index is 12.7. The molecule has 0 saturated carbocycles. The van der Waals surface area contributed by atoms with Gasteiger partial charge in [0, 0.05) is 30.6 Å². The maximum absolute atomic E-state index is 12.7. The Labute approximate surface area is 160 Å². The Morgan fingerprint density at radius 1 is 1.23 bits per heavy atom. The highest BCUT2D eigenvalue weighted by molar-refractivity contribution is 7.91. The molecule has 0 radical (unpaired) electrons. The smallest absolute Gasteiger partial charge is 0.250 e. The minimum Gasteiger partial charge on any atom is -0.379 e. The van der Waals surface area contributed by atoms with E-state index >= 15 is 0 Å². The first kappa shape index (κ1) is 19.5. The lowest BCUT2D eigenvalue weighted by atomic mass is 10.0. The minimum absolute atomic E-state index is 0.000757. The summed E-state index contributed by atoms with van der Waals surface area (Å²) >= 11 is 1.34. The molecule has 0 amide bonds. The molecule has 142 valence electrons. The largest absolute Gasteiger partial charge is 0.379 e. The van der Waals surface area contributed by atoms with Crippen LogP contribution in [0, 0.1) is 6.92 Å². The molecular weight excluding hydrogens is 368 g/mol. The van der Waals surface area contributed by atoms with E-state index in [0.29, 0.717) is 24.0 Å². The number of thiophene rings is 1. The molecule has 2 aromatic rings. The number of nitrogens with one attached hydrogen (secondary N) is 1. The normalized spacial score (nSPS) is 17.3. The fourth-order valence-electron chi connectivity index (χ4n) is 3.18. The Kier molecular flexibility index (Phi) is 6.47. The van der Waals surface area contributed by atoms with Gasteiger partial charge < -0.3 is 4.74 Å². The number of ether oxygens (including phenoxy) is 1. The number of nitrogens with zero attached hydrogens (tertiary/aromatic N) is 1. The molecule has 5 nitrogen and oxygen atoms in total. The van der Waals surface area contributed by atoms with Gasteiger partial charge in [-0.2, -0.15) is 0 Å². The third kappa shape index (κ3) is 4.72. The second-order valence-electron chi connectivity index (χ2n) is 6.50. The van der Waals surface area contributed by atoms with Gasteiger partial charge in [0.15, 0.2) is 0 Å². The Morgan fingerprint density at radius 2 is 2.00 bits per heavy atom. The van der Waals surface area contributed by atoms with E-state index in [2.05, 4.69) is 34.7 Å². The van der Waals surface area contributed by atoms with Crippen molar-refractivity contribution >= 4 is 21.4 Å². The summed E-state index contributed by atoms with van der Waals surface area (Å²) in [5, 5.41) is 0. The molecule has 1 aliphatic rings. The molecular formula is C19H26N2O3S2. The van der Waals surface area contributed by atoms with E-state index in [0.717, 1.165) is 30.0 Å². The summed E-state index contributed by atoms with van der Waals surface area (Å²) in [7, 11) is -3.49. The topological polar surface area (TPSA) is 58.6 Å². The lowest BCUT2D eigenvalue weighted by molar-refractivity contribution is 0.0172. The molecule has 1 atom stereocenters. The van der Waals surface area contributed by atoms with Crippen LogP contribution in [0.2, 0.25) is 0 Å². The van der Waals surface area contributed by atoms with Crippen LogP contribution in [0.15, 0.2) is 40.6 Å². The van der Waals surface area contributed by atoms with Gasteiger partial charge in [0.05, 0.1) is 13.2 Å². The predicted octanol–water partition coefficient (Wildman–Crippen LogP) is 2.97. The fourth-order valence-corrected chi connectivity index (χ4v) is 5.56. The SMILES string of the molecule is CCc1ccc(S(=O)(=O)NCC(c2cccc(C)c2)N2CCOCC2)s1. The molecule has 26 heavy (non-hydrogen) atoms. The van der Waals surface area contributed by atoms with Crippen LogP contribution < -0.4 is 4.72 Å². The minimum atomic E-state index is -3.49. The van der Waals surface area contributed by atoms with Crippen molar-refractivity contribution in [3.8, 4) is 0 Å². The van der Waals surface area contributed by atoms with Gasteiger partial charge in [-0.15, -0.1) is 11.3 Å². The predicted molar refractivity (Wildman–Crippen MR) is 105 cm³/mol. The molecule has 1 aromatic heterocycles. The third-order valence-corrected chi connectivity index (χ3v) is 7.78. The molecule has 0 spiro atoms. The first-order valence-electron chi connectivity index (χ1n) is 8.96. The lowest BCUT2D eigenvalue weighted by Crippen LogP contribution is -2.43. The van der Waals surface area contributed by atoms with Gasteiger partial charge in [-0.1, -0.05) is 36.8 Å². The Balaban J connectivity index is 1.79. The summed E-state index contributed by atoms with van der Waals surface area (Å²) in [5.41, 5.74) is 2.31. The first-order valence-corrected chi connectivity index (χ1v) is 11.3. The molecule has 1 unspecified atom stereocenters. The van der Waals surface area contributed by atoms with Gasteiger partial charge in [0.2, 0.25) is 10.0 Å². The molecule has 1 aliphatic heterocycles. The van der Waals surface area contributed by atoms with Crippen LogP contribution in [0.3, 0.4) is 0 Å². The zero-order valence-corrected chi connectivity index (χ0v) is 16.9. The Bertz CT molecular complexity index is 827. The van der Waals surface area contributed by atoms with E-state index in [-0.39, 0.29) is 6.04 Å². The van der Waals surface area contributed by atoms with Crippen LogP contribution in [0.5, 0.6) is 0 Å². The number of morpholine rings is 1. The molecule has 1 aromatic carbocycles. The Morgan fingerprint density at radius 3 is 2.65 bits per heavy atom. The molecule has 1 saturated heterocycles. The summed E-state index contributed by atoms with van der Waals surface area (Å²) in [4.78, 5) is 3.38. The molecule has 2 heterocycles. The molecule has 7 heteroatoms. The molecule has 0 aliphatic carbocycles. The summed E-state index contributed by atoms with van der Waals surface area (Å²) < 4.78 is 34.1. The van der Waals surface area contributed by atoms with E-state index < -0.39 is 10.0 Å². The van der Waals surface area contributed by atoms with Gasteiger partial charge >= 0.3 is 0 Å². The van der Waals surface area contributed by atoms with E-state index in [1.165, 1.54) is 16.9 Å². The molecule has 1 N–H and O–H groups in total. The quantitative estimate of drug-likeness (QED) is 0.784. The average molecular weight is 395 g/mol. The average Bonchev–Trinajstić information content (AvgIpc) is 3.13. The zero-order chi connectivity index (χ0) is 18.6. The van der Waals surface area contributed by atoms with Crippen LogP contribution in [0.25, 0.3) is 0 Å².